The molecule has 192 valence electrons. The van der Waals surface area contributed by atoms with E-state index in [1.54, 1.807) is 12.1 Å². The lowest BCUT2D eigenvalue weighted by Gasteiger charge is -2.40. The van der Waals surface area contributed by atoms with Gasteiger partial charge in [-0.15, -0.1) is 0 Å². The predicted octanol–water partition coefficient (Wildman–Crippen LogP) is 8.17. The molecule has 4 rings (SSSR count). The second-order valence-electron chi connectivity index (χ2n) is 10.9. The van der Waals surface area contributed by atoms with Gasteiger partial charge in [-0.05, 0) is 93.7 Å². The van der Waals surface area contributed by atoms with Gasteiger partial charge in [0.2, 0.25) is 0 Å². The molecule has 0 bridgehead atoms. The Morgan fingerprint density at radius 1 is 0.943 bits per heavy atom. The molecule has 2 aromatic rings. The van der Waals surface area contributed by atoms with Crippen LogP contribution < -0.4 is 4.90 Å². The molecule has 0 amide bonds. The van der Waals surface area contributed by atoms with Crippen molar-refractivity contribution in [2.45, 2.75) is 91.6 Å². The highest BCUT2D eigenvalue weighted by Crippen LogP contribution is 2.40. The Morgan fingerprint density at radius 2 is 1.57 bits per heavy atom. The zero-order valence-corrected chi connectivity index (χ0v) is 22.8. The average molecular weight is 480 g/mol. The molecule has 0 saturated heterocycles. The molecule has 1 N–H and O–H groups in total. The first kappa shape index (κ1) is 27.4. The van der Waals surface area contributed by atoms with Crippen LogP contribution in [0.15, 0.2) is 42.5 Å². The van der Waals surface area contributed by atoms with E-state index in [4.69, 9.17) is 5.41 Å². The number of rotatable bonds is 5. The van der Waals surface area contributed by atoms with E-state index in [1.165, 1.54) is 35.2 Å². The van der Waals surface area contributed by atoms with E-state index in [9.17, 15) is 4.39 Å². The van der Waals surface area contributed by atoms with E-state index >= 15 is 0 Å². The van der Waals surface area contributed by atoms with Crippen LogP contribution in [0.1, 0.15) is 88.8 Å². The Kier molecular flexibility index (Phi) is 9.91. The molecule has 1 saturated carbocycles. The Hall–Kier alpha value is -2.20. The van der Waals surface area contributed by atoms with Crippen LogP contribution in [0.3, 0.4) is 0 Å². The SMILES string of the molecule is CCC(C)CC.Cc1ccc2c(c1)CN(C)CC(=N)N2C(C)C1CCC(c2ccc(F)cc2)CC1. The van der Waals surface area contributed by atoms with Gasteiger partial charge < -0.3 is 4.90 Å². The van der Waals surface area contributed by atoms with Gasteiger partial charge in [0.05, 0.1) is 6.54 Å². The van der Waals surface area contributed by atoms with Crippen molar-refractivity contribution in [3.05, 3.63) is 65.0 Å². The van der Waals surface area contributed by atoms with Crippen molar-refractivity contribution in [2.75, 3.05) is 18.5 Å². The summed E-state index contributed by atoms with van der Waals surface area (Å²) in [6.07, 6.45) is 7.26. The Balaban J connectivity index is 0.000000509. The van der Waals surface area contributed by atoms with Gasteiger partial charge in [-0.25, -0.2) is 4.39 Å². The summed E-state index contributed by atoms with van der Waals surface area (Å²) in [5.41, 5.74) is 5.07. The Bertz CT molecular complexity index is 942. The van der Waals surface area contributed by atoms with Gasteiger partial charge in [-0.2, -0.15) is 0 Å². The van der Waals surface area contributed by atoms with E-state index < -0.39 is 0 Å². The molecule has 1 unspecified atom stereocenters. The summed E-state index contributed by atoms with van der Waals surface area (Å²) in [4.78, 5) is 4.53. The van der Waals surface area contributed by atoms with Crippen LogP contribution in [-0.4, -0.2) is 30.4 Å². The standard InChI is InChI=1S/C25H32FN3.C6H14/c1-17-4-13-24-22(14-17)15-28(3)16-25(27)29(24)18(2)19-5-7-20(8-6-19)21-9-11-23(26)12-10-21;1-4-6(3)5-2/h4,9-14,18-20,27H,5-8,15-16H2,1-3H3;6H,4-5H2,1-3H3. The first-order valence-corrected chi connectivity index (χ1v) is 13.6. The molecule has 0 radical (unpaired) electrons. The van der Waals surface area contributed by atoms with Crippen molar-refractivity contribution < 1.29 is 4.39 Å². The number of halogens is 1. The van der Waals surface area contributed by atoms with Crippen LogP contribution in [0.5, 0.6) is 0 Å². The third kappa shape index (κ3) is 7.16. The molecular formula is C31H46FN3. The van der Waals surface area contributed by atoms with E-state index in [2.05, 4.69) is 69.7 Å². The third-order valence-electron chi connectivity index (χ3n) is 8.24. The largest absolute Gasteiger partial charge is 0.326 e. The maximum atomic E-state index is 13.2. The molecule has 0 spiro atoms. The summed E-state index contributed by atoms with van der Waals surface area (Å²) in [5, 5.41) is 8.79. The van der Waals surface area contributed by atoms with Crippen LogP contribution in [0.2, 0.25) is 0 Å². The predicted molar refractivity (Wildman–Crippen MR) is 148 cm³/mol. The van der Waals surface area contributed by atoms with Crippen molar-refractivity contribution in [2.24, 2.45) is 11.8 Å². The zero-order valence-electron chi connectivity index (χ0n) is 22.8. The highest BCUT2D eigenvalue weighted by atomic mass is 19.1. The molecule has 1 aliphatic carbocycles. The Labute approximate surface area is 213 Å². The summed E-state index contributed by atoms with van der Waals surface area (Å²) in [5.74, 6) is 2.58. The van der Waals surface area contributed by atoms with Gasteiger partial charge in [0.15, 0.2) is 0 Å². The minimum atomic E-state index is -0.158. The summed E-state index contributed by atoms with van der Waals surface area (Å²) in [6, 6.07) is 14.0. The van der Waals surface area contributed by atoms with Crippen molar-refractivity contribution >= 4 is 11.5 Å². The van der Waals surface area contributed by atoms with Crippen LogP contribution in [0.4, 0.5) is 10.1 Å². The van der Waals surface area contributed by atoms with Gasteiger partial charge in [0.1, 0.15) is 11.7 Å². The molecule has 3 nitrogen and oxygen atoms in total. The molecule has 2 aliphatic rings. The molecule has 1 aliphatic heterocycles. The first-order chi connectivity index (χ1) is 16.7. The van der Waals surface area contributed by atoms with Gasteiger partial charge in [-0.3, -0.25) is 10.3 Å². The molecule has 4 heteroatoms. The number of anilines is 1. The lowest BCUT2D eigenvalue weighted by atomic mass is 9.76. The van der Waals surface area contributed by atoms with Crippen LogP contribution in [0.25, 0.3) is 0 Å². The maximum Gasteiger partial charge on any atom is 0.123 e. The van der Waals surface area contributed by atoms with Crippen LogP contribution in [-0.2, 0) is 6.54 Å². The quantitative estimate of drug-likeness (QED) is 0.469. The third-order valence-corrected chi connectivity index (χ3v) is 8.24. The van der Waals surface area contributed by atoms with Crippen LogP contribution >= 0.6 is 0 Å². The van der Waals surface area contributed by atoms with E-state index in [1.807, 2.05) is 12.1 Å². The van der Waals surface area contributed by atoms with Crippen molar-refractivity contribution in [1.29, 1.82) is 5.41 Å². The maximum absolute atomic E-state index is 13.2. The highest BCUT2D eigenvalue weighted by Gasteiger charge is 2.33. The van der Waals surface area contributed by atoms with E-state index in [-0.39, 0.29) is 5.82 Å². The molecule has 1 heterocycles. The van der Waals surface area contributed by atoms with Gasteiger partial charge in [-0.1, -0.05) is 63.4 Å². The first-order valence-electron chi connectivity index (χ1n) is 13.6. The molecule has 35 heavy (non-hydrogen) atoms. The van der Waals surface area contributed by atoms with Crippen molar-refractivity contribution in [1.82, 2.24) is 4.90 Å². The van der Waals surface area contributed by atoms with E-state index in [0.717, 1.165) is 38.1 Å². The normalized spacial score (nSPS) is 21.7. The number of fused-ring (bicyclic) bond motifs is 1. The second kappa shape index (κ2) is 12.7. The lowest BCUT2D eigenvalue weighted by Crippen LogP contribution is -2.46. The Morgan fingerprint density at radius 3 is 2.14 bits per heavy atom. The topological polar surface area (TPSA) is 30.3 Å². The van der Waals surface area contributed by atoms with Gasteiger partial charge >= 0.3 is 0 Å². The molecule has 0 aromatic heterocycles. The number of likely N-dealkylation sites (N-methyl/N-ethyl adjacent to an activating group) is 1. The molecule has 1 fully saturated rings. The second-order valence-corrected chi connectivity index (χ2v) is 10.9. The smallest absolute Gasteiger partial charge is 0.123 e. The average Bonchev–Trinajstić information content (AvgIpc) is 2.97. The number of benzene rings is 2. The van der Waals surface area contributed by atoms with Crippen molar-refractivity contribution in [3.8, 4) is 0 Å². The fourth-order valence-electron chi connectivity index (χ4n) is 5.53. The summed E-state index contributed by atoms with van der Waals surface area (Å²) < 4.78 is 13.2. The minimum Gasteiger partial charge on any atom is -0.326 e. The number of amidine groups is 1. The summed E-state index contributed by atoms with van der Waals surface area (Å²) >= 11 is 0. The fourth-order valence-corrected chi connectivity index (χ4v) is 5.53. The zero-order chi connectivity index (χ0) is 25.5. The van der Waals surface area contributed by atoms with E-state index in [0.29, 0.717) is 30.3 Å². The van der Waals surface area contributed by atoms with Gasteiger partial charge in [0.25, 0.3) is 0 Å². The number of aryl methyl sites for hydroxylation is 1. The van der Waals surface area contributed by atoms with Gasteiger partial charge in [0, 0.05) is 18.3 Å². The number of nitrogens with zero attached hydrogens (tertiary/aromatic N) is 2. The number of hydrogen-bond acceptors (Lipinski definition) is 2. The minimum absolute atomic E-state index is 0.158. The lowest BCUT2D eigenvalue weighted by molar-refractivity contribution is 0.291. The summed E-state index contributed by atoms with van der Waals surface area (Å²) in [7, 11) is 2.10. The number of hydrogen-bond donors (Lipinski definition) is 1. The summed E-state index contributed by atoms with van der Waals surface area (Å²) in [6.45, 7) is 12.7. The van der Waals surface area contributed by atoms with Crippen LogP contribution in [0, 0.1) is 30.0 Å². The molecule has 2 aromatic carbocycles. The number of nitrogens with one attached hydrogen (secondary N) is 1. The highest BCUT2D eigenvalue weighted by molar-refractivity contribution is 5.98. The molecular weight excluding hydrogens is 433 g/mol. The van der Waals surface area contributed by atoms with Crippen molar-refractivity contribution in [3.63, 3.8) is 0 Å². The monoisotopic (exact) mass is 479 g/mol. The fraction of sp³-hybridized carbons (Fsp3) is 0.581. The molecule has 1 atom stereocenters.